The van der Waals surface area contributed by atoms with Crippen LogP contribution in [0.25, 0.3) is 0 Å². The van der Waals surface area contributed by atoms with E-state index in [1.165, 1.54) is 38.5 Å². The summed E-state index contributed by atoms with van der Waals surface area (Å²) in [6.45, 7) is 0. The smallest absolute Gasteiger partial charge is 0.0148 e. The topological polar surface area (TPSA) is 0 Å². The lowest BCUT2D eigenvalue weighted by Gasteiger charge is -2.15. The third-order valence-corrected chi connectivity index (χ3v) is 4.64. The molecule has 1 aliphatic carbocycles. The Morgan fingerprint density at radius 2 is 2.21 bits per heavy atom. The maximum atomic E-state index is 3.79. The summed E-state index contributed by atoms with van der Waals surface area (Å²) in [6, 6.07) is 2.28. The average Bonchev–Trinajstić information content (AvgIpc) is 2.56. The number of rotatable bonds is 2. The summed E-state index contributed by atoms with van der Waals surface area (Å²) in [5.74, 6) is 0.913. The van der Waals surface area contributed by atoms with Gasteiger partial charge in [-0.2, -0.15) is 11.3 Å². The molecular formula is C12H17BrS. The number of thiophene rings is 1. The maximum Gasteiger partial charge on any atom is 0.0148 e. The molecule has 0 aliphatic heterocycles. The van der Waals surface area contributed by atoms with E-state index in [1.54, 1.807) is 5.56 Å². The zero-order chi connectivity index (χ0) is 9.80. The first-order valence-corrected chi connectivity index (χ1v) is 7.35. The van der Waals surface area contributed by atoms with Gasteiger partial charge in [0.1, 0.15) is 0 Å². The Balaban J connectivity index is 1.90. The van der Waals surface area contributed by atoms with Crippen LogP contribution in [0, 0.1) is 5.92 Å². The molecule has 2 atom stereocenters. The monoisotopic (exact) mass is 272 g/mol. The van der Waals surface area contributed by atoms with E-state index in [0.29, 0.717) is 0 Å². The van der Waals surface area contributed by atoms with E-state index in [-0.39, 0.29) is 0 Å². The van der Waals surface area contributed by atoms with E-state index in [1.807, 2.05) is 11.3 Å². The highest BCUT2D eigenvalue weighted by Crippen LogP contribution is 2.30. The predicted octanol–water partition coefficient (Wildman–Crippen LogP) is 4.63. The molecule has 0 saturated heterocycles. The van der Waals surface area contributed by atoms with E-state index >= 15 is 0 Å². The molecule has 1 aromatic rings. The summed E-state index contributed by atoms with van der Waals surface area (Å²) < 4.78 is 0. The van der Waals surface area contributed by atoms with Crippen molar-refractivity contribution in [1.29, 1.82) is 0 Å². The molecule has 0 aromatic carbocycles. The van der Waals surface area contributed by atoms with Gasteiger partial charge < -0.3 is 0 Å². The van der Waals surface area contributed by atoms with Crippen molar-refractivity contribution in [3.05, 3.63) is 22.4 Å². The van der Waals surface area contributed by atoms with E-state index in [4.69, 9.17) is 0 Å². The van der Waals surface area contributed by atoms with Crippen LogP contribution in [0.2, 0.25) is 0 Å². The Morgan fingerprint density at radius 3 is 3.00 bits per heavy atom. The summed E-state index contributed by atoms with van der Waals surface area (Å²) >= 11 is 5.61. The standard InChI is InChI=1S/C12H17BrS/c13-12-4-2-1-3-10(8-12)7-11-5-6-14-9-11/h5-6,9-10,12H,1-4,7-8H2. The van der Waals surface area contributed by atoms with E-state index in [9.17, 15) is 0 Å². The Hall–Kier alpha value is 0.180. The highest BCUT2D eigenvalue weighted by molar-refractivity contribution is 9.09. The van der Waals surface area contributed by atoms with Crippen molar-refractivity contribution in [1.82, 2.24) is 0 Å². The lowest BCUT2D eigenvalue weighted by Crippen LogP contribution is -2.07. The molecule has 1 fully saturated rings. The van der Waals surface area contributed by atoms with Crippen LogP contribution >= 0.6 is 27.3 Å². The van der Waals surface area contributed by atoms with Crippen LogP contribution in [0.3, 0.4) is 0 Å². The van der Waals surface area contributed by atoms with Gasteiger partial charge in [-0.1, -0.05) is 35.2 Å². The van der Waals surface area contributed by atoms with Gasteiger partial charge in [-0.15, -0.1) is 0 Å². The first-order valence-electron chi connectivity index (χ1n) is 5.50. The Kier molecular flexibility index (Phi) is 4.06. The van der Waals surface area contributed by atoms with Gasteiger partial charge in [0.05, 0.1) is 0 Å². The van der Waals surface area contributed by atoms with Crippen molar-refractivity contribution in [2.45, 2.75) is 43.4 Å². The molecule has 0 spiro atoms. The highest BCUT2D eigenvalue weighted by Gasteiger charge is 2.18. The molecule has 1 saturated carbocycles. The lowest BCUT2D eigenvalue weighted by molar-refractivity contribution is 0.464. The maximum absolute atomic E-state index is 3.79. The third-order valence-electron chi connectivity index (χ3n) is 3.07. The van der Waals surface area contributed by atoms with Gasteiger partial charge in [0, 0.05) is 4.83 Å². The molecule has 1 heterocycles. The molecule has 2 unspecified atom stereocenters. The van der Waals surface area contributed by atoms with E-state index in [0.717, 1.165) is 10.7 Å². The SMILES string of the molecule is BrC1CCCCC(Cc2ccsc2)C1. The fourth-order valence-corrected chi connectivity index (χ4v) is 3.86. The molecule has 2 heteroatoms. The minimum absolute atomic E-state index is 0.772. The molecule has 0 bridgehead atoms. The normalized spacial score (nSPS) is 28.6. The number of alkyl halides is 1. The third kappa shape index (κ3) is 3.09. The van der Waals surface area contributed by atoms with Gasteiger partial charge in [0.25, 0.3) is 0 Å². The molecule has 0 nitrogen and oxygen atoms in total. The summed E-state index contributed by atoms with van der Waals surface area (Å²) in [5, 5.41) is 4.49. The van der Waals surface area contributed by atoms with Crippen molar-refractivity contribution in [2.24, 2.45) is 5.92 Å². The second-order valence-electron chi connectivity index (χ2n) is 4.32. The minimum atomic E-state index is 0.772. The van der Waals surface area contributed by atoms with Crippen LogP contribution < -0.4 is 0 Å². The molecule has 14 heavy (non-hydrogen) atoms. The van der Waals surface area contributed by atoms with E-state index in [2.05, 4.69) is 32.8 Å². The summed E-state index contributed by atoms with van der Waals surface area (Å²) in [4.78, 5) is 0.772. The first kappa shape index (κ1) is 10.7. The highest BCUT2D eigenvalue weighted by atomic mass is 79.9. The molecule has 1 aliphatic rings. The van der Waals surface area contributed by atoms with Crippen LogP contribution in [0.15, 0.2) is 16.8 Å². The van der Waals surface area contributed by atoms with Gasteiger partial charge >= 0.3 is 0 Å². The molecule has 1 aromatic heterocycles. The second-order valence-corrected chi connectivity index (χ2v) is 6.39. The largest absolute Gasteiger partial charge is 0.152 e. The van der Waals surface area contributed by atoms with Crippen molar-refractivity contribution in [3.8, 4) is 0 Å². The lowest BCUT2D eigenvalue weighted by atomic mass is 9.94. The first-order chi connectivity index (χ1) is 6.84. The predicted molar refractivity (Wildman–Crippen MR) is 67.3 cm³/mol. The quantitative estimate of drug-likeness (QED) is 0.544. The van der Waals surface area contributed by atoms with Crippen molar-refractivity contribution < 1.29 is 0 Å². The molecule has 2 rings (SSSR count). The Morgan fingerprint density at radius 1 is 1.36 bits per heavy atom. The zero-order valence-electron chi connectivity index (χ0n) is 8.42. The van der Waals surface area contributed by atoms with Crippen LogP contribution in [-0.2, 0) is 6.42 Å². The van der Waals surface area contributed by atoms with Crippen LogP contribution in [0.4, 0.5) is 0 Å². The van der Waals surface area contributed by atoms with Crippen molar-refractivity contribution in [3.63, 3.8) is 0 Å². The average molecular weight is 273 g/mol. The van der Waals surface area contributed by atoms with Crippen LogP contribution in [0.1, 0.15) is 37.7 Å². The fraction of sp³-hybridized carbons (Fsp3) is 0.667. The molecule has 78 valence electrons. The number of hydrogen-bond acceptors (Lipinski definition) is 1. The second kappa shape index (κ2) is 5.32. The summed E-state index contributed by atoms with van der Waals surface area (Å²) in [7, 11) is 0. The number of hydrogen-bond donors (Lipinski definition) is 0. The summed E-state index contributed by atoms with van der Waals surface area (Å²) in [5.41, 5.74) is 1.54. The van der Waals surface area contributed by atoms with E-state index < -0.39 is 0 Å². The summed E-state index contributed by atoms with van der Waals surface area (Å²) in [6.07, 6.45) is 8.31. The molecule has 0 radical (unpaired) electrons. The Labute approximate surface area is 98.9 Å². The molecule has 0 N–H and O–H groups in total. The van der Waals surface area contributed by atoms with Gasteiger partial charge in [0.2, 0.25) is 0 Å². The molecule has 0 amide bonds. The van der Waals surface area contributed by atoms with Gasteiger partial charge in [-0.3, -0.25) is 0 Å². The van der Waals surface area contributed by atoms with Crippen molar-refractivity contribution >= 4 is 27.3 Å². The minimum Gasteiger partial charge on any atom is -0.152 e. The van der Waals surface area contributed by atoms with Gasteiger partial charge in [0.15, 0.2) is 0 Å². The zero-order valence-corrected chi connectivity index (χ0v) is 10.8. The Bertz CT molecular complexity index is 255. The number of halogens is 1. The van der Waals surface area contributed by atoms with Crippen molar-refractivity contribution in [2.75, 3.05) is 0 Å². The van der Waals surface area contributed by atoms with Crippen LogP contribution in [-0.4, -0.2) is 4.83 Å². The molecular weight excluding hydrogens is 256 g/mol. The van der Waals surface area contributed by atoms with Gasteiger partial charge in [-0.05, 0) is 47.6 Å². The van der Waals surface area contributed by atoms with Crippen LogP contribution in [0.5, 0.6) is 0 Å². The van der Waals surface area contributed by atoms with Gasteiger partial charge in [-0.25, -0.2) is 0 Å². The fourth-order valence-electron chi connectivity index (χ4n) is 2.32.